The summed E-state index contributed by atoms with van der Waals surface area (Å²) in [5.74, 6) is -0.351. The van der Waals surface area contributed by atoms with E-state index < -0.39 is 0 Å². The van der Waals surface area contributed by atoms with E-state index in [9.17, 15) is 4.79 Å². The van der Waals surface area contributed by atoms with Crippen LogP contribution in [-0.2, 0) is 14.3 Å². The van der Waals surface area contributed by atoms with Crippen molar-refractivity contribution in [1.82, 2.24) is 5.32 Å². The summed E-state index contributed by atoms with van der Waals surface area (Å²) < 4.78 is 10.0. The molecule has 0 aromatic carbocycles. The van der Waals surface area contributed by atoms with Gasteiger partial charge in [-0.2, -0.15) is 0 Å². The van der Waals surface area contributed by atoms with Gasteiger partial charge in [-0.15, -0.1) is 0 Å². The summed E-state index contributed by atoms with van der Waals surface area (Å²) in [6.07, 6.45) is 2.32. The van der Waals surface area contributed by atoms with Crippen LogP contribution in [0.1, 0.15) is 19.3 Å². The first-order valence-electron chi connectivity index (χ1n) is 4.78. The number of nitrogens with two attached hydrogens (primary N) is 1. The molecule has 0 bridgehead atoms. The molecule has 5 nitrogen and oxygen atoms in total. The summed E-state index contributed by atoms with van der Waals surface area (Å²) in [6.45, 7) is 0. The first kappa shape index (κ1) is 11.4. The van der Waals surface area contributed by atoms with E-state index in [-0.39, 0.29) is 18.2 Å². The van der Waals surface area contributed by atoms with Crippen molar-refractivity contribution in [2.24, 2.45) is 5.73 Å². The fourth-order valence-corrected chi connectivity index (χ4v) is 1.28. The van der Waals surface area contributed by atoms with E-state index in [2.05, 4.69) is 5.32 Å². The highest BCUT2D eigenvalue weighted by Gasteiger charge is 2.28. The lowest BCUT2D eigenvalue weighted by Crippen LogP contribution is -2.45. The van der Waals surface area contributed by atoms with Gasteiger partial charge in [-0.1, -0.05) is 0 Å². The quantitative estimate of drug-likeness (QED) is 0.551. The number of carbonyl (C=O) groups is 1. The Morgan fingerprint density at radius 1 is 1.50 bits per heavy atom. The van der Waals surface area contributed by atoms with Crippen LogP contribution in [0.15, 0.2) is 0 Å². The molecular weight excluding hydrogens is 184 g/mol. The molecular formula is C9H18N2O3. The summed E-state index contributed by atoms with van der Waals surface area (Å²) in [7, 11) is 3.09. The van der Waals surface area contributed by atoms with E-state index in [1.54, 1.807) is 14.2 Å². The average molecular weight is 202 g/mol. The second-order valence-electron chi connectivity index (χ2n) is 3.53. The van der Waals surface area contributed by atoms with Crippen molar-refractivity contribution in [1.29, 1.82) is 0 Å². The average Bonchev–Trinajstić information content (AvgIpc) is 2.95. The summed E-state index contributed by atoms with van der Waals surface area (Å²) in [5.41, 5.74) is 5.26. The van der Waals surface area contributed by atoms with Gasteiger partial charge in [0.1, 0.15) is 0 Å². The van der Waals surface area contributed by atoms with Gasteiger partial charge >= 0.3 is 0 Å². The summed E-state index contributed by atoms with van der Waals surface area (Å²) in [4.78, 5) is 11.1. The summed E-state index contributed by atoms with van der Waals surface area (Å²) in [5, 5.41) is 3.15. The van der Waals surface area contributed by atoms with Crippen LogP contribution in [-0.4, -0.2) is 38.5 Å². The van der Waals surface area contributed by atoms with Crippen LogP contribution in [0.2, 0.25) is 0 Å². The van der Waals surface area contributed by atoms with Crippen molar-refractivity contribution in [3.63, 3.8) is 0 Å². The molecule has 0 spiro atoms. The van der Waals surface area contributed by atoms with Crippen molar-refractivity contribution in [2.45, 2.75) is 37.6 Å². The fraction of sp³-hybridized carbons (Fsp3) is 0.889. The van der Waals surface area contributed by atoms with Crippen LogP contribution >= 0.6 is 0 Å². The zero-order chi connectivity index (χ0) is 10.6. The molecule has 1 unspecified atom stereocenters. The molecule has 0 aromatic heterocycles. The standard InChI is InChI=1S/C9H18N2O3/c1-13-8(14-2)5-7(9(10)12)11-6-3-4-6/h6-8,11H,3-5H2,1-2H3,(H2,10,12). The fourth-order valence-electron chi connectivity index (χ4n) is 1.28. The number of carbonyl (C=O) groups excluding carboxylic acids is 1. The Balaban J connectivity index is 2.36. The molecule has 0 heterocycles. The third-order valence-electron chi connectivity index (χ3n) is 2.31. The van der Waals surface area contributed by atoms with E-state index in [0.29, 0.717) is 12.5 Å². The van der Waals surface area contributed by atoms with Gasteiger partial charge in [-0.05, 0) is 12.8 Å². The molecule has 5 heteroatoms. The Morgan fingerprint density at radius 2 is 2.07 bits per heavy atom. The molecule has 1 fully saturated rings. The van der Waals surface area contributed by atoms with Gasteiger partial charge in [0, 0.05) is 26.7 Å². The van der Waals surface area contributed by atoms with Gasteiger partial charge < -0.3 is 20.5 Å². The maximum Gasteiger partial charge on any atom is 0.234 e. The van der Waals surface area contributed by atoms with Gasteiger partial charge in [0.2, 0.25) is 5.91 Å². The van der Waals surface area contributed by atoms with Gasteiger partial charge in [0.15, 0.2) is 6.29 Å². The van der Waals surface area contributed by atoms with Gasteiger partial charge in [-0.25, -0.2) is 0 Å². The van der Waals surface area contributed by atoms with Crippen LogP contribution in [0.3, 0.4) is 0 Å². The highest BCUT2D eigenvalue weighted by molar-refractivity contribution is 5.79. The topological polar surface area (TPSA) is 73.6 Å². The Bertz CT molecular complexity index is 190. The second-order valence-corrected chi connectivity index (χ2v) is 3.53. The third-order valence-corrected chi connectivity index (χ3v) is 2.31. The first-order chi connectivity index (χ1) is 6.67. The minimum Gasteiger partial charge on any atom is -0.368 e. The second kappa shape index (κ2) is 5.29. The molecule has 1 aliphatic rings. The number of methoxy groups -OCH3 is 2. The molecule has 1 rings (SSSR count). The Labute approximate surface area is 83.9 Å². The Hall–Kier alpha value is -0.650. The van der Waals surface area contributed by atoms with Crippen LogP contribution in [0.5, 0.6) is 0 Å². The summed E-state index contributed by atoms with van der Waals surface area (Å²) >= 11 is 0. The van der Waals surface area contributed by atoms with Crippen molar-refractivity contribution in [3.05, 3.63) is 0 Å². The molecule has 1 saturated carbocycles. The zero-order valence-corrected chi connectivity index (χ0v) is 8.66. The maximum absolute atomic E-state index is 11.1. The monoisotopic (exact) mass is 202 g/mol. The minimum atomic E-state index is -0.376. The number of nitrogens with one attached hydrogen (secondary N) is 1. The molecule has 0 saturated heterocycles. The first-order valence-corrected chi connectivity index (χ1v) is 4.78. The predicted molar refractivity (Wildman–Crippen MR) is 51.6 cm³/mol. The number of hydrogen-bond donors (Lipinski definition) is 2. The minimum absolute atomic E-state index is 0.351. The predicted octanol–water partition coefficient (Wildman–Crippen LogP) is -0.399. The largest absolute Gasteiger partial charge is 0.368 e. The normalized spacial score (nSPS) is 18.5. The van der Waals surface area contributed by atoms with E-state index >= 15 is 0 Å². The summed E-state index contributed by atoms with van der Waals surface area (Å²) in [6, 6.07) is 0.0919. The van der Waals surface area contributed by atoms with Gasteiger partial charge in [-0.3, -0.25) is 4.79 Å². The van der Waals surface area contributed by atoms with Crippen molar-refractivity contribution < 1.29 is 14.3 Å². The zero-order valence-electron chi connectivity index (χ0n) is 8.66. The lowest BCUT2D eigenvalue weighted by atomic mass is 10.2. The highest BCUT2D eigenvalue weighted by atomic mass is 16.7. The molecule has 14 heavy (non-hydrogen) atoms. The maximum atomic E-state index is 11.1. The van der Waals surface area contributed by atoms with E-state index in [1.165, 1.54) is 0 Å². The molecule has 1 atom stereocenters. The highest BCUT2D eigenvalue weighted by Crippen LogP contribution is 2.20. The smallest absolute Gasteiger partial charge is 0.234 e. The molecule has 1 aliphatic carbocycles. The molecule has 1 amide bonds. The van der Waals surface area contributed by atoms with Crippen molar-refractivity contribution in [2.75, 3.05) is 14.2 Å². The molecule has 82 valence electrons. The van der Waals surface area contributed by atoms with Crippen molar-refractivity contribution >= 4 is 5.91 Å². The van der Waals surface area contributed by atoms with Gasteiger partial charge in [0.25, 0.3) is 0 Å². The van der Waals surface area contributed by atoms with E-state index in [4.69, 9.17) is 15.2 Å². The lowest BCUT2D eigenvalue weighted by Gasteiger charge is -2.20. The van der Waals surface area contributed by atoms with E-state index in [0.717, 1.165) is 12.8 Å². The molecule has 0 aromatic rings. The Kier molecular flexibility index (Phi) is 4.31. The Morgan fingerprint density at radius 3 is 2.43 bits per heavy atom. The SMILES string of the molecule is COC(CC(NC1CC1)C(N)=O)OC. The van der Waals surface area contributed by atoms with Crippen LogP contribution in [0, 0.1) is 0 Å². The third kappa shape index (κ3) is 3.61. The van der Waals surface area contributed by atoms with Crippen LogP contribution in [0.25, 0.3) is 0 Å². The van der Waals surface area contributed by atoms with Crippen LogP contribution in [0.4, 0.5) is 0 Å². The molecule has 0 aliphatic heterocycles. The van der Waals surface area contributed by atoms with E-state index in [1.807, 2.05) is 0 Å². The van der Waals surface area contributed by atoms with Crippen molar-refractivity contribution in [3.8, 4) is 0 Å². The molecule has 3 N–H and O–H groups in total. The lowest BCUT2D eigenvalue weighted by molar-refractivity contribution is -0.130. The number of primary amides is 1. The number of hydrogen-bond acceptors (Lipinski definition) is 4. The van der Waals surface area contributed by atoms with Gasteiger partial charge in [0.05, 0.1) is 6.04 Å². The molecule has 0 radical (unpaired) electrons. The number of amides is 1. The van der Waals surface area contributed by atoms with Crippen LogP contribution < -0.4 is 11.1 Å². The number of rotatable bonds is 7. The number of ether oxygens (including phenoxy) is 2.